The Labute approximate surface area is 136 Å². The van der Waals surface area contributed by atoms with Gasteiger partial charge in [-0.3, -0.25) is 9.36 Å². The monoisotopic (exact) mass is 312 g/mol. The molecule has 122 valence electrons. The molecule has 1 unspecified atom stereocenters. The summed E-state index contributed by atoms with van der Waals surface area (Å²) < 4.78 is 1.81. The quantitative estimate of drug-likeness (QED) is 0.891. The SMILES string of the molecule is NCC(NC(=O)c1cncn1-c1ccccc1)C1CCCCC1. The van der Waals surface area contributed by atoms with Crippen molar-refractivity contribution in [1.29, 1.82) is 0 Å². The number of benzene rings is 1. The molecule has 1 heterocycles. The lowest BCUT2D eigenvalue weighted by Crippen LogP contribution is -2.46. The minimum atomic E-state index is -0.104. The van der Waals surface area contributed by atoms with Crippen molar-refractivity contribution >= 4 is 5.91 Å². The summed E-state index contributed by atoms with van der Waals surface area (Å²) in [4.78, 5) is 16.8. The zero-order valence-electron chi connectivity index (χ0n) is 13.3. The zero-order valence-corrected chi connectivity index (χ0v) is 13.3. The van der Waals surface area contributed by atoms with Gasteiger partial charge in [0.25, 0.3) is 5.91 Å². The van der Waals surface area contributed by atoms with Crippen LogP contribution >= 0.6 is 0 Å². The normalized spacial score (nSPS) is 16.9. The van der Waals surface area contributed by atoms with E-state index >= 15 is 0 Å². The molecule has 0 radical (unpaired) electrons. The average Bonchev–Trinajstić information content (AvgIpc) is 3.11. The summed E-state index contributed by atoms with van der Waals surface area (Å²) in [5, 5.41) is 3.12. The Morgan fingerprint density at radius 1 is 1.26 bits per heavy atom. The molecule has 0 bridgehead atoms. The minimum Gasteiger partial charge on any atom is -0.346 e. The zero-order chi connectivity index (χ0) is 16.1. The van der Waals surface area contributed by atoms with Crippen LogP contribution in [0, 0.1) is 5.92 Å². The summed E-state index contributed by atoms with van der Waals surface area (Å²) in [7, 11) is 0. The van der Waals surface area contributed by atoms with Crippen molar-refractivity contribution in [3.8, 4) is 5.69 Å². The van der Waals surface area contributed by atoms with Gasteiger partial charge in [-0.1, -0.05) is 37.5 Å². The molecule has 0 aliphatic heterocycles. The second kappa shape index (κ2) is 7.42. The largest absolute Gasteiger partial charge is 0.346 e. The second-order valence-electron chi connectivity index (χ2n) is 6.20. The number of hydrogen-bond donors (Lipinski definition) is 2. The maximum atomic E-state index is 12.7. The van der Waals surface area contributed by atoms with Crippen LogP contribution in [0.2, 0.25) is 0 Å². The Bertz CT molecular complexity index is 631. The van der Waals surface area contributed by atoms with E-state index in [2.05, 4.69) is 10.3 Å². The number of nitrogens with two attached hydrogens (primary N) is 1. The number of rotatable bonds is 5. The number of carbonyl (C=O) groups is 1. The Balaban J connectivity index is 1.74. The molecule has 1 aliphatic rings. The third-order valence-electron chi connectivity index (χ3n) is 4.69. The van der Waals surface area contributed by atoms with Gasteiger partial charge >= 0.3 is 0 Å². The molecular formula is C18H24N4O. The fourth-order valence-electron chi connectivity index (χ4n) is 3.41. The summed E-state index contributed by atoms with van der Waals surface area (Å²) >= 11 is 0. The molecule has 0 spiro atoms. The minimum absolute atomic E-state index is 0.0434. The van der Waals surface area contributed by atoms with E-state index in [1.807, 2.05) is 34.9 Å². The molecule has 0 saturated heterocycles. The predicted octanol–water partition coefficient (Wildman–Crippen LogP) is 2.51. The van der Waals surface area contributed by atoms with Gasteiger partial charge in [-0.15, -0.1) is 0 Å². The predicted molar refractivity (Wildman–Crippen MR) is 90.4 cm³/mol. The van der Waals surface area contributed by atoms with E-state index < -0.39 is 0 Å². The Kier molecular flexibility index (Phi) is 5.08. The van der Waals surface area contributed by atoms with Crippen molar-refractivity contribution in [2.24, 2.45) is 11.7 Å². The lowest BCUT2D eigenvalue weighted by atomic mass is 9.84. The molecular weight excluding hydrogens is 288 g/mol. The third-order valence-corrected chi connectivity index (χ3v) is 4.69. The van der Waals surface area contributed by atoms with Crippen LogP contribution in [-0.2, 0) is 0 Å². The lowest BCUT2D eigenvalue weighted by Gasteiger charge is -2.30. The molecule has 5 nitrogen and oxygen atoms in total. The number of hydrogen-bond acceptors (Lipinski definition) is 3. The fraction of sp³-hybridized carbons (Fsp3) is 0.444. The maximum absolute atomic E-state index is 12.7. The molecule has 1 atom stereocenters. The highest BCUT2D eigenvalue weighted by Gasteiger charge is 2.25. The third kappa shape index (κ3) is 3.62. The average molecular weight is 312 g/mol. The van der Waals surface area contributed by atoms with Gasteiger partial charge in [0.2, 0.25) is 0 Å². The number of imidazole rings is 1. The van der Waals surface area contributed by atoms with Crippen LogP contribution in [0.1, 0.15) is 42.6 Å². The molecule has 1 aromatic heterocycles. The fourth-order valence-corrected chi connectivity index (χ4v) is 3.41. The van der Waals surface area contributed by atoms with Crippen molar-refractivity contribution in [2.45, 2.75) is 38.1 Å². The van der Waals surface area contributed by atoms with Crippen LogP contribution in [0.25, 0.3) is 5.69 Å². The van der Waals surface area contributed by atoms with Gasteiger partial charge in [-0.2, -0.15) is 0 Å². The highest BCUT2D eigenvalue weighted by molar-refractivity contribution is 5.93. The second-order valence-corrected chi connectivity index (χ2v) is 6.20. The number of nitrogens with one attached hydrogen (secondary N) is 1. The lowest BCUT2D eigenvalue weighted by molar-refractivity contribution is 0.0908. The summed E-state index contributed by atoms with van der Waals surface area (Å²) in [5.41, 5.74) is 7.39. The Morgan fingerprint density at radius 3 is 2.70 bits per heavy atom. The van der Waals surface area contributed by atoms with Crippen LogP contribution < -0.4 is 11.1 Å². The summed E-state index contributed by atoms with van der Waals surface area (Å²) in [5.74, 6) is 0.387. The van der Waals surface area contributed by atoms with E-state index in [1.54, 1.807) is 12.5 Å². The van der Waals surface area contributed by atoms with E-state index in [9.17, 15) is 4.79 Å². The van der Waals surface area contributed by atoms with E-state index in [-0.39, 0.29) is 11.9 Å². The van der Waals surface area contributed by atoms with Crippen LogP contribution in [0.4, 0.5) is 0 Å². The standard InChI is InChI=1S/C18H24N4O/c19-11-16(14-7-3-1-4-8-14)21-18(23)17-12-20-13-22(17)15-9-5-2-6-10-15/h2,5-6,9-10,12-14,16H,1,3-4,7-8,11,19H2,(H,21,23). The van der Waals surface area contributed by atoms with Crippen LogP contribution in [0.15, 0.2) is 42.9 Å². The van der Waals surface area contributed by atoms with Crippen molar-refractivity contribution in [3.63, 3.8) is 0 Å². The van der Waals surface area contributed by atoms with Gasteiger partial charge in [-0.05, 0) is 30.9 Å². The van der Waals surface area contributed by atoms with Gasteiger partial charge < -0.3 is 11.1 Å². The summed E-state index contributed by atoms with van der Waals surface area (Å²) in [6.45, 7) is 0.482. The van der Waals surface area contributed by atoms with Gasteiger partial charge in [0.1, 0.15) is 5.69 Å². The van der Waals surface area contributed by atoms with Crippen LogP contribution in [0.3, 0.4) is 0 Å². The number of amides is 1. The number of para-hydroxylation sites is 1. The molecule has 1 aromatic carbocycles. The van der Waals surface area contributed by atoms with Crippen LogP contribution in [0.5, 0.6) is 0 Å². The number of nitrogens with zero attached hydrogens (tertiary/aromatic N) is 2. The molecule has 1 saturated carbocycles. The highest BCUT2D eigenvalue weighted by Crippen LogP contribution is 2.26. The van der Waals surface area contributed by atoms with Crippen molar-refractivity contribution in [1.82, 2.24) is 14.9 Å². The molecule has 2 aromatic rings. The summed E-state index contributed by atoms with van der Waals surface area (Å²) in [6.07, 6.45) is 9.35. The smallest absolute Gasteiger partial charge is 0.270 e. The maximum Gasteiger partial charge on any atom is 0.270 e. The van der Waals surface area contributed by atoms with Gasteiger partial charge in [0, 0.05) is 18.3 Å². The topological polar surface area (TPSA) is 72.9 Å². The van der Waals surface area contributed by atoms with Gasteiger partial charge in [0.05, 0.1) is 12.5 Å². The summed E-state index contributed by atoms with van der Waals surface area (Å²) in [6, 6.07) is 9.80. The first-order chi connectivity index (χ1) is 11.3. The molecule has 5 heteroatoms. The van der Waals surface area contributed by atoms with Crippen molar-refractivity contribution < 1.29 is 4.79 Å². The van der Waals surface area contributed by atoms with E-state index in [0.717, 1.165) is 18.5 Å². The van der Waals surface area contributed by atoms with Crippen molar-refractivity contribution in [3.05, 3.63) is 48.5 Å². The number of carbonyl (C=O) groups excluding carboxylic acids is 1. The number of aromatic nitrogens is 2. The molecule has 1 aliphatic carbocycles. The first kappa shape index (κ1) is 15.7. The highest BCUT2D eigenvalue weighted by atomic mass is 16.2. The Hall–Kier alpha value is -2.14. The van der Waals surface area contributed by atoms with E-state index in [1.165, 1.54) is 19.3 Å². The molecule has 3 rings (SSSR count). The van der Waals surface area contributed by atoms with Gasteiger partial charge in [0.15, 0.2) is 0 Å². The molecule has 3 N–H and O–H groups in total. The van der Waals surface area contributed by atoms with Crippen molar-refractivity contribution in [2.75, 3.05) is 6.54 Å². The first-order valence-electron chi connectivity index (χ1n) is 8.38. The first-order valence-corrected chi connectivity index (χ1v) is 8.38. The molecule has 1 amide bonds. The Morgan fingerprint density at radius 2 is 2.00 bits per heavy atom. The van der Waals surface area contributed by atoms with Gasteiger partial charge in [-0.25, -0.2) is 4.98 Å². The molecule has 1 fully saturated rings. The van der Waals surface area contributed by atoms with E-state index in [0.29, 0.717) is 18.2 Å². The van der Waals surface area contributed by atoms with E-state index in [4.69, 9.17) is 5.73 Å². The molecule has 23 heavy (non-hydrogen) atoms. The van der Waals surface area contributed by atoms with Crippen LogP contribution in [-0.4, -0.2) is 28.0 Å².